The summed E-state index contributed by atoms with van der Waals surface area (Å²) in [6.07, 6.45) is 7.59. The number of pyridine rings is 1. The number of nitrogens with one attached hydrogen (secondary N) is 1. The summed E-state index contributed by atoms with van der Waals surface area (Å²) < 4.78 is 0. The first-order valence-electron chi connectivity index (χ1n) is 11.0. The molecule has 1 fully saturated rings. The molecule has 1 amide bonds. The molecule has 0 radical (unpaired) electrons. The number of rotatable bonds is 4. The molecule has 1 saturated carbocycles. The Morgan fingerprint density at radius 2 is 1.90 bits per heavy atom. The molecule has 0 bridgehead atoms. The topological polar surface area (TPSA) is 53.2 Å². The predicted molar refractivity (Wildman–Crippen MR) is 119 cm³/mol. The van der Waals surface area contributed by atoms with Crippen LogP contribution < -0.4 is 5.56 Å². The van der Waals surface area contributed by atoms with E-state index in [2.05, 4.69) is 18.8 Å². The molecular weight excluding hydrogens is 380 g/mol. The first kappa shape index (κ1) is 20.4. The van der Waals surface area contributed by atoms with Crippen LogP contribution in [0, 0.1) is 26.7 Å². The summed E-state index contributed by atoms with van der Waals surface area (Å²) in [7, 11) is 0. The maximum atomic E-state index is 13.4. The quantitative estimate of drug-likeness (QED) is 0.746. The molecule has 0 saturated heterocycles. The normalized spacial score (nSPS) is 18.8. The second-order valence-corrected chi connectivity index (χ2v) is 10.1. The number of nitrogens with zero attached hydrogens (tertiary/aromatic N) is 1. The molecule has 1 atom stereocenters. The zero-order valence-electron chi connectivity index (χ0n) is 18.1. The van der Waals surface area contributed by atoms with Crippen molar-refractivity contribution in [2.45, 2.75) is 78.7 Å². The minimum Gasteiger partial charge on any atom is -0.334 e. The van der Waals surface area contributed by atoms with Crippen molar-refractivity contribution in [3.63, 3.8) is 0 Å². The molecule has 2 aromatic rings. The number of amides is 1. The van der Waals surface area contributed by atoms with Crippen molar-refractivity contribution in [1.29, 1.82) is 0 Å². The van der Waals surface area contributed by atoms with Crippen LogP contribution in [0.3, 0.4) is 0 Å². The summed E-state index contributed by atoms with van der Waals surface area (Å²) >= 11 is 1.87. The fraction of sp³-hybridized carbons (Fsp3) is 0.583. The standard InChI is InChI=1S/C24H32N2O2S/c1-14-12-15(2)25-23(27)19(14)13-26-11-10-20-21(24(26)28)17(4)22(29-20)16(3)18-8-6-5-7-9-18/h12,16,18H,5-11,13H2,1-4H3,(H,25,27)/t16-/m1/s1. The van der Waals surface area contributed by atoms with E-state index >= 15 is 0 Å². The number of carbonyl (C=O) groups is 1. The highest BCUT2D eigenvalue weighted by molar-refractivity contribution is 7.12. The van der Waals surface area contributed by atoms with Gasteiger partial charge < -0.3 is 9.88 Å². The number of aryl methyl sites for hydroxylation is 2. The average Bonchev–Trinajstić information content (AvgIpc) is 3.03. The van der Waals surface area contributed by atoms with Gasteiger partial charge in [-0.2, -0.15) is 0 Å². The molecule has 4 nitrogen and oxygen atoms in total. The zero-order valence-corrected chi connectivity index (χ0v) is 18.9. The highest BCUT2D eigenvalue weighted by Gasteiger charge is 2.33. The highest BCUT2D eigenvalue weighted by atomic mass is 32.1. The lowest BCUT2D eigenvalue weighted by atomic mass is 9.79. The van der Waals surface area contributed by atoms with E-state index < -0.39 is 0 Å². The van der Waals surface area contributed by atoms with Crippen LogP contribution in [0.5, 0.6) is 0 Å². The van der Waals surface area contributed by atoms with E-state index in [-0.39, 0.29) is 11.5 Å². The molecule has 1 aliphatic heterocycles. The monoisotopic (exact) mass is 412 g/mol. The highest BCUT2D eigenvalue weighted by Crippen LogP contribution is 2.43. The molecule has 0 spiro atoms. The molecule has 2 aliphatic rings. The molecule has 156 valence electrons. The van der Waals surface area contributed by atoms with E-state index in [1.54, 1.807) is 0 Å². The van der Waals surface area contributed by atoms with Gasteiger partial charge in [-0.05, 0) is 62.6 Å². The Kier molecular flexibility index (Phi) is 5.69. The van der Waals surface area contributed by atoms with E-state index in [1.165, 1.54) is 47.4 Å². The lowest BCUT2D eigenvalue weighted by Gasteiger charge is -2.28. The Bertz CT molecular complexity index is 981. The maximum absolute atomic E-state index is 13.4. The van der Waals surface area contributed by atoms with Gasteiger partial charge in [0, 0.05) is 34.0 Å². The Balaban J connectivity index is 1.59. The fourth-order valence-corrected chi connectivity index (χ4v) is 6.68. The van der Waals surface area contributed by atoms with Crippen molar-refractivity contribution in [3.8, 4) is 0 Å². The van der Waals surface area contributed by atoms with Crippen molar-refractivity contribution >= 4 is 17.2 Å². The molecule has 0 aromatic carbocycles. The number of H-pyrrole nitrogens is 1. The van der Waals surface area contributed by atoms with Gasteiger partial charge >= 0.3 is 0 Å². The number of thiophene rings is 1. The third-order valence-electron chi connectivity index (χ3n) is 6.98. The van der Waals surface area contributed by atoms with Gasteiger partial charge in [-0.25, -0.2) is 0 Å². The van der Waals surface area contributed by atoms with Gasteiger partial charge in [0.05, 0.1) is 12.1 Å². The van der Waals surface area contributed by atoms with E-state index in [1.807, 2.05) is 36.2 Å². The van der Waals surface area contributed by atoms with Gasteiger partial charge in [0.1, 0.15) is 0 Å². The van der Waals surface area contributed by atoms with Gasteiger partial charge in [0.2, 0.25) is 0 Å². The first-order valence-corrected chi connectivity index (χ1v) is 11.8. The largest absolute Gasteiger partial charge is 0.334 e. The number of aromatic amines is 1. The minimum atomic E-state index is -0.0743. The van der Waals surface area contributed by atoms with Gasteiger partial charge in [0.15, 0.2) is 0 Å². The minimum absolute atomic E-state index is 0.0743. The van der Waals surface area contributed by atoms with Gasteiger partial charge in [0.25, 0.3) is 11.5 Å². The Morgan fingerprint density at radius 3 is 2.59 bits per heavy atom. The van der Waals surface area contributed by atoms with Crippen molar-refractivity contribution in [3.05, 3.63) is 54.1 Å². The van der Waals surface area contributed by atoms with Crippen molar-refractivity contribution < 1.29 is 4.79 Å². The van der Waals surface area contributed by atoms with Crippen LogP contribution in [0.25, 0.3) is 0 Å². The lowest BCUT2D eigenvalue weighted by Crippen LogP contribution is -2.38. The third-order valence-corrected chi connectivity index (χ3v) is 8.53. The zero-order chi connectivity index (χ0) is 20.7. The summed E-state index contributed by atoms with van der Waals surface area (Å²) in [4.78, 5) is 33.2. The Morgan fingerprint density at radius 1 is 1.17 bits per heavy atom. The van der Waals surface area contributed by atoms with Crippen molar-refractivity contribution in [1.82, 2.24) is 9.88 Å². The summed E-state index contributed by atoms with van der Waals surface area (Å²) in [6, 6.07) is 1.98. The molecule has 1 N–H and O–H groups in total. The third kappa shape index (κ3) is 3.81. The van der Waals surface area contributed by atoms with Crippen molar-refractivity contribution in [2.75, 3.05) is 6.54 Å². The maximum Gasteiger partial charge on any atom is 0.255 e. The SMILES string of the molecule is Cc1cc(C)c(CN2CCc3sc([C@H](C)C4CCCCC4)c(C)c3C2=O)c(=O)[nH]1. The smallest absolute Gasteiger partial charge is 0.255 e. The Labute approximate surface area is 177 Å². The molecule has 3 heterocycles. The average molecular weight is 413 g/mol. The van der Waals surface area contributed by atoms with Crippen LogP contribution in [0.4, 0.5) is 0 Å². The van der Waals surface area contributed by atoms with E-state index in [4.69, 9.17) is 0 Å². The number of hydrogen-bond acceptors (Lipinski definition) is 3. The lowest BCUT2D eigenvalue weighted by molar-refractivity contribution is 0.0727. The molecule has 4 rings (SSSR count). The van der Waals surface area contributed by atoms with Crippen LogP contribution >= 0.6 is 11.3 Å². The summed E-state index contributed by atoms with van der Waals surface area (Å²) in [5, 5.41) is 0. The predicted octanol–water partition coefficient (Wildman–Crippen LogP) is 5.24. The van der Waals surface area contributed by atoms with Crippen LogP contribution in [0.1, 0.15) is 87.4 Å². The van der Waals surface area contributed by atoms with Gasteiger partial charge in [-0.3, -0.25) is 9.59 Å². The van der Waals surface area contributed by atoms with Gasteiger partial charge in [-0.15, -0.1) is 11.3 Å². The van der Waals surface area contributed by atoms with Crippen molar-refractivity contribution in [2.24, 2.45) is 5.92 Å². The van der Waals surface area contributed by atoms with E-state index in [0.717, 1.165) is 29.2 Å². The molecule has 1 aliphatic carbocycles. The van der Waals surface area contributed by atoms with Crippen LogP contribution in [-0.2, 0) is 13.0 Å². The van der Waals surface area contributed by atoms with E-state index in [9.17, 15) is 9.59 Å². The molecular formula is C24H32N2O2S. The van der Waals surface area contributed by atoms with Crippen LogP contribution in [-0.4, -0.2) is 22.3 Å². The summed E-state index contributed by atoms with van der Waals surface area (Å²) in [5.74, 6) is 1.39. The number of fused-ring (bicyclic) bond motifs is 1. The van der Waals surface area contributed by atoms with Crippen LogP contribution in [0.2, 0.25) is 0 Å². The molecule has 2 aromatic heterocycles. The number of aromatic nitrogens is 1. The Hall–Kier alpha value is -1.88. The van der Waals surface area contributed by atoms with E-state index in [0.29, 0.717) is 24.6 Å². The van der Waals surface area contributed by atoms with Gasteiger partial charge in [-0.1, -0.05) is 26.2 Å². The number of carbonyl (C=O) groups excluding carboxylic acids is 1. The molecule has 5 heteroatoms. The molecule has 29 heavy (non-hydrogen) atoms. The summed E-state index contributed by atoms with van der Waals surface area (Å²) in [6.45, 7) is 9.42. The van der Waals surface area contributed by atoms with Crippen LogP contribution in [0.15, 0.2) is 10.9 Å². The fourth-order valence-electron chi connectivity index (χ4n) is 5.25. The first-order chi connectivity index (χ1) is 13.9. The summed E-state index contributed by atoms with van der Waals surface area (Å²) in [5.41, 5.74) is 4.55. The number of hydrogen-bond donors (Lipinski definition) is 1. The second-order valence-electron chi connectivity index (χ2n) is 9.00. The molecule has 0 unspecified atom stereocenters. The second kappa shape index (κ2) is 8.10.